The fourth-order valence-corrected chi connectivity index (χ4v) is 5.42. The van der Waals surface area contributed by atoms with Gasteiger partial charge in [0.1, 0.15) is 0 Å². The number of aromatic nitrogens is 1. The standard InChI is InChI=1S/C31H33ClFN3O/c1-2-5-28(8-4-15-33)36-21-25(29-12-11-26(32)19-30(29)36)20-35-16-13-22(14-17-35)24-6-3-7-27(18-24)34-31(37)23-9-10-23/h2-8,11-12,15,18-19,21-23H,9-10,13-14,16-17,20H2,1H3,(H,34,37)/b5-2-,15-4+,28-8+. The number of nitrogens with zero attached hydrogens (tertiary/aromatic N) is 2. The monoisotopic (exact) mass is 517 g/mol. The fourth-order valence-electron chi connectivity index (χ4n) is 5.26. The minimum atomic E-state index is 0.153. The molecule has 4 nitrogen and oxygen atoms in total. The van der Waals surface area contributed by atoms with Gasteiger partial charge in [-0.1, -0.05) is 35.9 Å². The SMILES string of the molecule is C\C=C/C(=C\C=C\F)n1cc(CN2CCC(c3cccc(NC(=O)C4CC4)c3)CC2)c2ccc(Cl)cc21. The van der Waals surface area contributed by atoms with Gasteiger partial charge in [0, 0.05) is 40.5 Å². The summed E-state index contributed by atoms with van der Waals surface area (Å²) in [5.41, 5.74) is 5.34. The summed E-state index contributed by atoms with van der Waals surface area (Å²) in [6.07, 6.45) is 14.0. The first-order valence-electron chi connectivity index (χ1n) is 13.1. The lowest BCUT2D eigenvalue weighted by Crippen LogP contribution is -2.32. The van der Waals surface area contributed by atoms with Crippen LogP contribution in [-0.4, -0.2) is 28.5 Å². The van der Waals surface area contributed by atoms with Gasteiger partial charge in [-0.3, -0.25) is 9.69 Å². The largest absolute Gasteiger partial charge is 0.326 e. The summed E-state index contributed by atoms with van der Waals surface area (Å²) in [5, 5.41) is 4.92. The predicted molar refractivity (Wildman–Crippen MR) is 151 cm³/mol. The lowest BCUT2D eigenvalue weighted by molar-refractivity contribution is -0.117. The molecule has 1 amide bonds. The Labute approximate surface area is 223 Å². The van der Waals surface area contributed by atoms with Crippen LogP contribution in [0.5, 0.6) is 0 Å². The normalized spacial score (nSPS) is 17.9. The minimum absolute atomic E-state index is 0.153. The smallest absolute Gasteiger partial charge is 0.227 e. The van der Waals surface area contributed by atoms with Crippen LogP contribution in [0.15, 0.2) is 79.3 Å². The second kappa shape index (κ2) is 11.5. The third kappa shape index (κ3) is 6.06. The molecule has 3 aromatic rings. The van der Waals surface area contributed by atoms with Crippen molar-refractivity contribution in [2.75, 3.05) is 18.4 Å². The maximum atomic E-state index is 12.8. The molecule has 2 fully saturated rings. The molecule has 1 saturated heterocycles. The summed E-state index contributed by atoms with van der Waals surface area (Å²) >= 11 is 6.35. The van der Waals surface area contributed by atoms with Crippen molar-refractivity contribution in [3.8, 4) is 0 Å². The molecule has 2 aliphatic rings. The molecule has 1 aliphatic heterocycles. The van der Waals surface area contributed by atoms with Crippen LogP contribution in [0.1, 0.15) is 49.7 Å². The van der Waals surface area contributed by atoms with Crippen LogP contribution in [0.25, 0.3) is 16.6 Å². The second-order valence-electron chi connectivity index (χ2n) is 10.0. The van der Waals surface area contributed by atoms with Crippen molar-refractivity contribution in [3.05, 3.63) is 95.4 Å². The van der Waals surface area contributed by atoms with Gasteiger partial charge in [0.25, 0.3) is 0 Å². The Balaban J connectivity index is 1.30. The molecule has 2 aromatic carbocycles. The highest BCUT2D eigenvalue weighted by atomic mass is 35.5. The number of hydrogen-bond acceptors (Lipinski definition) is 2. The van der Waals surface area contributed by atoms with E-state index in [4.69, 9.17) is 11.6 Å². The van der Waals surface area contributed by atoms with Crippen molar-refractivity contribution in [3.63, 3.8) is 0 Å². The van der Waals surface area contributed by atoms with Gasteiger partial charge in [-0.05, 0) is 105 Å². The van der Waals surface area contributed by atoms with E-state index in [1.54, 1.807) is 6.08 Å². The number of halogens is 2. The minimum Gasteiger partial charge on any atom is -0.326 e. The maximum absolute atomic E-state index is 12.8. The Kier molecular flexibility index (Phi) is 7.92. The average Bonchev–Trinajstić information content (AvgIpc) is 3.71. The molecular weight excluding hydrogens is 485 g/mol. The van der Waals surface area contributed by atoms with E-state index in [1.165, 1.54) is 17.2 Å². The van der Waals surface area contributed by atoms with Crippen molar-refractivity contribution in [1.82, 2.24) is 9.47 Å². The van der Waals surface area contributed by atoms with Gasteiger partial charge in [-0.2, -0.15) is 0 Å². The summed E-state index contributed by atoms with van der Waals surface area (Å²) in [6, 6.07) is 14.4. The first-order chi connectivity index (χ1) is 18.1. The number of hydrogen-bond donors (Lipinski definition) is 1. The van der Waals surface area contributed by atoms with Gasteiger partial charge in [-0.25, -0.2) is 4.39 Å². The van der Waals surface area contributed by atoms with Crippen molar-refractivity contribution in [2.24, 2.45) is 5.92 Å². The summed E-state index contributed by atoms with van der Waals surface area (Å²) in [7, 11) is 0. The van der Waals surface area contributed by atoms with Crippen LogP contribution in [0.2, 0.25) is 5.02 Å². The third-order valence-electron chi connectivity index (χ3n) is 7.36. The zero-order chi connectivity index (χ0) is 25.8. The number of nitrogens with one attached hydrogen (secondary N) is 1. The Morgan fingerprint density at radius 3 is 2.68 bits per heavy atom. The average molecular weight is 518 g/mol. The number of piperidine rings is 1. The molecule has 5 rings (SSSR count). The number of likely N-dealkylation sites (tertiary alicyclic amines) is 1. The van der Waals surface area contributed by atoms with E-state index in [0.29, 0.717) is 17.3 Å². The zero-order valence-corrected chi connectivity index (χ0v) is 21.9. The molecule has 2 heterocycles. The number of fused-ring (bicyclic) bond motifs is 1. The molecule has 0 radical (unpaired) electrons. The van der Waals surface area contributed by atoms with Crippen LogP contribution >= 0.6 is 11.6 Å². The molecule has 1 aliphatic carbocycles. The van der Waals surface area contributed by atoms with Crippen molar-refractivity contribution in [1.29, 1.82) is 0 Å². The molecule has 0 bridgehead atoms. The fraction of sp³-hybridized carbons (Fsp3) is 0.323. The quantitative estimate of drug-likeness (QED) is 0.308. The van der Waals surface area contributed by atoms with Gasteiger partial charge < -0.3 is 9.88 Å². The Bertz CT molecular complexity index is 1360. The third-order valence-corrected chi connectivity index (χ3v) is 7.60. The van der Waals surface area contributed by atoms with E-state index in [0.717, 1.165) is 67.6 Å². The number of carbonyl (C=O) groups excluding carboxylic acids is 1. The Morgan fingerprint density at radius 1 is 1.14 bits per heavy atom. The highest BCUT2D eigenvalue weighted by molar-refractivity contribution is 6.31. The van der Waals surface area contributed by atoms with Crippen molar-refractivity contribution in [2.45, 2.75) is 45.1 Å². The van der Waals surface area contributed by atoms with E-state index < -0.39 is 0 Å². The molecule has 1 N–H and O–H groups in total. The molecule has 192 valence electrons. The molecular formula is C31H33ClFN3O. The van der Waals surface area contributed by atoms with Crippen molar-refractivity contribution >= 4 is 39.8 Å². The van der Waals surface area contributed by atoms with Crippen LogP contribution in [0.4, 0.5) is 10.1 Å². The topological polar surface area (TPSA) is 37.3 Å². The summed E-state index contributed by atoms with van der Waals surface area (Å²) in [4.78, 5) is 14.7. The van der Waals surface area contributed by atoms with E-state index in [1.807, 2.05) is 37.3 Å². The van der Waals surface area contributed by atoms with E-state index in [-0.39, 0.29) is 11.8 Å². The molecule has 0 atom stereocenters. The summed E-state index contributed by atoms with van der Waals surface area (Å²) < 4.78 is 14.9. The number of allylic oxidation sites excluding steroid dienone is 5. The van der Waals surface area contributed by atoms with Gasteiger partial charge in [-0.15, -0.1) is 0 Å². The first kappa shape index (κ1) is 25.5. The van der Waals surface area contributed by atoms with E-state index >= 15 is 0 Å². The predicted octanol–water partition coefficient (Wildman–Crippen LogP) is 7.92. The molecule has 37 heavy (non-hydrogen) atoms. The van der Waals surface area contributed by atoms with Crippen LogP contribution in [-0.2, 0) is 11.3 Å². The highest BCUT2D eigenvalue weighted by Gasteiger charge is 2.29. The van der Waals surface area contributed by atoms with Gasteiger partial charge in [0.2, 0.25) is 5.91 Å². The highest BCUT2D eigenvalue weighted by Crippen LogP contribution is 2.34. The lowest BCUT2D eigenvalue weighted by Gasteiger charge is -2.32. The van der Waals surface area contributed by atoms with Crippen LogP contribution in [0.3, 0.4) is 0 Å². The number of amides is 1. The van der Waals surface area contributed by atoms with Gasteiger partial charge in [0.15, 0.2) is 0 Å². The van der Waals surface area contributed by atoms with Gasteiger partial charge >= 0.3 is 0 Å². The Hall–Kier alpha value is -3.15. The first-order valence-corrected chi connectivity index (χ1v) is 13.5. The molecule has 0 spiro atoms. The van der Waals surface area contributed by atoms with Crippen LogP contribution in [0, 0.1) is 5.92 Å². The van der Waals surface area contributed by atoms with E-state index in [9.17, 15) is 9.18 Å². The van der Waals surface area contributed by atoms with Crippen molar-refractivity contribution < 1.29 is 9.18 Å². The number of rotatable bonds is 8. The van der Waals surface area contributed by atoms with Gasteiger partial charge in [0.05, 0.1) is 11.8 Å². The number of anilines is 1. The molecule has 0 unspecified atom stereocenters. The molecule has 1 saturated carbocycles. The zero-order valence-electron chi connectivity index (χ0n) is 21.2. The molecule has 6 heteroatoms. The summed E-state index contributed by atoms with van der Waals surface area (Å²) in [5.74, 6) is 0.852. The lowest BCUT2D eigenvalue weighted by atomic mass is 9.89. The molecule has 1 aromatic heterocycles. The summed E-state index contributed by atoms with van der Waals surface area (Å²) in [6.45, 7) is 4.81. The number of benzene rings is 2. The number of carbonyl (C=O) groups is 1. The van der Waals surface area contributed by atoms with E-state index in [2.05, 4.69) is 45.2 Å². The second-order valence-corrected chi connectivity index (χ2v) is 10.5. The van der Waals surface area contributed by atoms with Crippen LogP contribution < -0.4 is 5.32 Å². The maximum Gasteiger partial charge on any atom is 0.227 e. The Morgan fingerprint density at radius 2 is 1.95 bits per heavy atom.